The fourth-order valence-corrected chi connectivity index (χ4v) is 5.85. The summed E-state index contributed by atoms with van der Waals surface area (Å²) in [4.78, 5) is 4.30. The lowest BCUT2D eigenvalue weighted by molar-refractivity contribution is 0.379. The van der Waals surface area contributed by atoms with Gasteiger partial charge in [-0.15, -0.1) is 11.3 Å². The number of nitrogens with zero attached hydrogens (tertiary/aromatic N) is 2. The van der Waals surface area contributed by atoms with Crippen molar-refractivity contribution in [3.63, 3.8) is 0 Å². The number of rotatable bonds is 4. The first-order valence-corrected chi connectivity index (χ1v) is 9.44. The van der Waals surface area contributed by atoms with Gasteiger partial charge in [0.15, 0.2) is 0 Å². The molecule has 3 heterocycles. The highest BCUT2D eigenvalue weighted by atomic mass is 79.9. The van der Waals surface area contributed by atoms with E-state index in [-0.39, 0.29) is 0 Å². The molecule has 2 aromatic rings. The molecule has 0 amide bonds. The summed E-state index contributed by atoms with van der Waals surface area (Å²) in [6.45, 7) is 1.37. The van der Waals surface area contributed by atoms with Crippen molar-refractivity contribution in [2.75, 3.05) is 6.54 Å². The van der Waals surface area contributed by atoms with Crippen LogP contribution in [-0.2, 0) is 23.0 Å². The van der Waals surface area contributed by atoms with Crippen LogP contribution in [0.15, 0.2) is 32.5 Å². The van der Waals surface area contributed by atoms with E-state index in [0.29, 0.717) is 21.1 Å². The third-order valence-corrected chi connectivity index (χ3v) is 7.54. The van der Waals surface area contributed by atoms with Crippen LogP contribution in [0.3, 0.4) is 0 Å². The Morgan fingerprint density at radius 2 is 2.40 bits per heavy atom. The van der Waals surface area contributed by atoms with Gasteiger partial charge in [0.05, 0.1) is 0 Å². The van der Waals surface area contributed by atoms with Crippen LogP contribution in [0.2, 0.25) is 0 Å². The fraction of sp³-hybridized carbons (Fsp3) is 0.417. The van der Waals surface area contributed by atoms with E-state index in [1.54, 1.807) is 17.6 Å². The van der Waals surface area contributed by atoms with Crippen LogP contribution in [0.4, 0.5) is 0 Å². The average molecular weight is 376 g/mol. The number of aryl methyl sites for hydroxylation is 1. The van der Waals surface area contributed by atoms with Gasteiger partial charge in [0.1, 0.15) is 10.0 Å². The van der Waals surface area contributed by atoms with E-state index in [9.17, 15) is 8.42 Å². The van der Waals surface area contributed by atoms with Crippen LogP contribution >= 0.6 is 27.3 Å². The van der Waals surface area contributed by atoms with Crippen molar-refractivity contribution in [3.8, 4) is 0 Å². The molecule has 1 aliphatic rings. The molecule has 0 aliphatic carbocycles. The molecule has 0 unspecified atom stereocenters. The number of hydrogen-bond donors (Lipinski definition) is 1. The van der Waals surface area contributed by atoms with Crippen molar-refractivity contribution < 1.29 is 8.42 Å². The first-order chi connectivity index (χ1) is 9.56. The Bertz CT molecular complexity index is 708. The Kier molecular flexibility index (Phi) is 3.98. The van der Waals surface area contributed by atoms with Crippen molar-refractivity contribution in [2.24, 2.45) is 5.92 Å². The topological polar surface area (TPSA) is 64.0 Å². The number of hydrogen-bond acceptors (Lipinski definition) is 4. The lowest BCUT2D eigenvalue weighted by Crippen LogP contribution is -2.33. The predicted molar refractivity (Wildman–Crippen MR) is 81.2 cm³/mol. The summed E-state index contributed by atoms with van der Waals surface area (Å²) in [5, 5.41) is 1.76. The number of aromatic nitrogens is 2. The molecule has 3 rings (SSSR count). The molecule has 20 heavy (non-hydrogen) atoms. The highest BCUT2D eigenvalue weighted by Gasteiger charge is 2.23. The Hall–Kier alpha value is -0.700. The zero-order valence-corrected chi connectivity index (χ0v) is 13.8. The van der Waals surface area contributed by atoms with Gasteiger partial charge < -0.3 is 4.57 Å². The Balaban J connectivity index is 1.65. The highest BCUT2D eigenvalue weighted by molar-refractivity contribution is 9.10. The van der Waals surface area contributed by atoms with E-state index in [1.807, 2.05) is 6.20 Å². The Morgan fingerprint density at radius 1 is 1.55 bits per heavy atom. The lowest BCUT2D eigenvalue weighted by atomic mass is 9.98. The normalized spacial score (nSPS) is 18.9. The second-order valence-corrected chi connectivity index (χ2v) is 8.54. The molecule has 1 aliphatic heterocycles. The maximum Gasteiger partial charge on any atom is 0.251 e. The summed E-state index contributed by atoms with van der Waals surface area (Å²) in [6, 6.07) is 1.75. The maximum absolute atomic E-state index is 12.2. The molecule has 0 bridgehead atoms. The van der Waals surface area contributed by atoms with Crippen LogP contribution in [0.25, 0.3) is 0 Å². The molecule has 0 spiro atoms. The van der Waals surface area contributed by atoms with Crippen molar-refractivity contribution >= 4 is 37.3 Å². The maximum atomic E-state index is 12.2. The Labute approximate surface area is 130 Å². The third-order valence-electron chi connectivity index (χ3n) is 3.44. The number of imidazole rings is 1. The number of fused-ring (bicyclic) bond motifs is 1. The quantitative estimate of drug-likeness (QED) is 0.890. The minimum Gasteiger partial charge on any atom is -0.335 e. The number of halogens is 1. The van der Waals surface area contributed by atoms with Crippen molar-refractivity contribution in [2.45, 2.75) is 23.6 Å². The molecule has 5 nitrogen and oxygen atoms in total. The largest absolute Gasteiger partial charge is 0.335 e. The van der Waals surface area contributed by atoms with Crippen molar-refractivity contribution in [3.05, 3.63) is 34.1 Å². The van der Waals surface area contributed by atoms with E-state index in [4.69, 9.17) is 0 Å². The molecule has 0 fully saturated rings. The first kappa shape index (κ1) is 14.2. The summed E-state index contributed by atoms with van der Waals surface area (Å²) < 4.78 is 30.2. The molecule has 0 aromatic carbocycles. The van der Waals surface area contributed by atoms with Crippen LogP contribution in [0.5, 0.6) is 0 Å². The molecule has 0 saturated heterocycles. The number of sulfonamides is 1. The summed E-state index contributed by atoms with van der Waals surface area (Å²) in [7, 11) is -3.42. The lowest BCUT2D eigenvalue weighted by Gasteiger charge is -2.23. The van der Waals surface area contributed by atoms with Crippen LogP contribution < -0.4 is 4.72 Å². The average Bonchev–Trinajstić information content (AvgIpc) is 3.04. The monoisotopic (exact) mass is 375 g/mol. The smallest absolute Gasteiger partial charge is 0.251 e. The summed E-state index contributed by atoms with van der Waals surface area (Å²) in [6.07, 6.45) is 5.56. The summed E-state index contributed by atoms with van der Waals surface area (Å²) in [5.74, 6) is 1.34. The van der Waals surface area contributed by atoms with Crippen LogP contribution in [0, 0.1) is 5.92 Å². The third kappa shape index (κ3) is 2.83. The van der Waals surface area contributed by atoms with Gasteiger partial charge in [0.25, 0.3) is 10.0 Å². The van der Waals surface area contributed by atoms with Gasteiger partial charge in [-0.2, -0.15) is 0 Å². The van der Waals surface area contributed by atoms with Crippen molar-refractivity contribution in [1.29, 1.82) is 0 Å². The van der Waals surface area contributed by atoms with Gasteiger partial charge in [-0.3, -0.25) is 0 Å². The van der Waals surface area contributed by atoms with E-state index in [2.05, 4.69) is 30.2 Å². The molecular formula is C12H14BrN3O2S2. The molecule has 2 aromatic heterocycles. The Morgan fingerprint density at radius 3 is 3.15 bits per heavy atom. The molecule has 0 radical (unpaired) electrons. The van der Waals surface area contributed by atoms with Crippen LogP contribution in [0.1, 0.15) is 12.2 Å². The fourth-order valence-electron chi connectivity index (χ4n) is 2.35. The zero-order valence-electron chi connectivity index (χ0n) is 10.6. The zero-order chi connectivity index (χ0) is 14.2. The standard InChI is InChI=1S/C12H14BrN3O2S2/c13-10-2-6-19-12(10)20(17,18)15-8-9-1-4-16-5-3-14-11(16)7-9/h2-3,5-6,9,15H,1,4,7-8H2/t9-/m0/s1. The van der Waals surface area contributed by atoms with Crippen LogP contribution in [-0.4, -0.2) is 24.5 Å². The van der Waals surface area contributed by atoms with Crippen molar-refractivity contribution in [1.82, 2.24) is 14.3 Å². The summed E-state index contributed by atoms with van der Waals surface area (Å²) >= 11 is 4.48. The van der Waals surface area contributed by atoms with Gasteiger partial charge in [-0.1, -0.05) is 0 Å². The second-order valence-electron chi connectivity index (χ2n) is 4.80. The van der Waals surface area contributed by atoms with Gasteiger partial charge in [-0.05, 0) is 39.7 Å². The van der Waals surface area contributed by atoms with Gasteiger partial charge >= 0.3 is 0 Å². The van der Waals surface area contributed by atoms with Gasteiger partial charge in [-0.25, -0.2) is 18.1 Å². The molecule has 1 atom stereocenters. The molecule has 108 valence electrons. The van der Waals surface area contributed by atoms with E-state index < -0.39 is 10.0 Å². The minimum atomic E-state index is -3.42. The second kappa shape index (κ2) is 5.59. The number of thiophene rings is 1. The highest BCUT2D eigenvalue weighted by Crippen LogP contribution is 2.27. The predicted octanol–water partition coefficient (Wildman–Crippen LogP) is 2.25. The first-order valence-electron chi connectivity index (χ1n) is 6.29. The van der Waals surface area contributed by atoms with Gasteiger partial charge in [0, 0.05) is 36.4 Å². The molecule has 0 saturated carbocycles. The molecule has 1 N–H and O–H groups in total. The van der Waals surface area contributed by atoms with E-state index in [0.717, 1.165) is 25.2 Å². The molecular weight excluding hydrogens is 362 g/mol. The minimum absolute atomic E-state index is 0.304. The SMILES string of the molecule is O=S(=O)(NC[C@H]1CCn2ccnc2C1)c1sccc1Br. The summed E-state index contributed by atoms with van der Waals surface area (Å²) in [5.41, 5.74) is 0. The van der Waals surface area contributed by atoms with Gasteiger partial charge in [0.2, 0.25) is 0 Å². The number of nitrogens with one attached hydrogen (secondary N) is 1. The van der Waals surface area contributed by atoms with E-state index in [1.165, 1.54) is 11.3 Å². The molecule has 8 heteroatoms. The van der Waals surface area contributed by atoms with E-state index >= 15 is 0 Å².